The number of amides is 1. The highest BCUT2D eigenvalue weighted by molar-refractivity contribution is 7.13. The Bertz CT molecular complexity index is 645. The molecule has 0 aliphatic heterocycles. The van der Waals surface area contributed by atoms with Crippen molar-refractivity contribution in [2.75, 3.05) is 6.61 Å². The van der Waals surface area contributed by atoms with Crippen molar-refractivity contribution in [2.24, 2.45) is 5.92 Å². The fourth-order valence-electron chi connectivity index (χ4n) is 1.92. The van der Waals surface area contributed by atoms with E-state index in [1.807, 2.05) is 43.5 Å². The van der Waals surface area contributed by atoms with Crippen molar-refractivity contribution in [3.63, 3.8) is 0 Å². The fourth-order valence-corrected chi connectivity index (χ4v) is 3.06. The minimum atomic E-state index is -0.0937. The maximum atomic E-state index is 12.0. The lowest BCUT2D eigenvalue weighted by atomic mass is 10.1. The summed E-state index contributed by atoms with van der Waals surface area (Å²) in [4.78, 5) is 16.5. The predicted molar refractivity (Wildman–Crippen MR) is 90.1 cm³/mol. The van der Waals surface area contributed by atoms with Gasteiger partial charge in [0.2, 0.25) is 5.91 Å². The molecule has 0 bridgehead atoms. The molecule has 2 rings (SSSR count). The number of aromatic nitrogens is 1. The molecule has 118 valence electrons. The number of carbonyl (C=O) groups is 1. The van der Waals surface area contributed by atoms with E-state index in [1.54, 1.807) is 0 Å². The van der Waals surface area contributed by atoms with Crippen LogP contribution in [0.5, 0.6) is 0 Å². The zero-order valence-electron chi connectivity index (χ0n) is 12.5. The molecule has 0 fully saturated rings. The van der Waals surface area contributed by atoms with Crippen molar-refractivity contribution in [1.82, 2.24) is 10.3 Å². The minimum Gasteiger partial charge on any atom is -0.396 e. The first-order valence-electron chi connectivity index (χ1n) is 7.10. The highest BCUT2D eigenvalue weighted by Crippen LogP contribution is 2.30. The molecule has 1 amide bonds. The van der Waals surface area contributed by atoms with Crippen LogP contribution in [0, 0.1) is 5.92 Å². The van der Waals surface area contributed by atoms with Gasteiger partial charge in [-0.05, 0) is 18.9 Å². The van der Waals surface area contributed by atoms with Gasteiger partial charge in [0, 0.05) is 23.6 Å². The molecular formula is C16H19ClN2O2S. The predicted octanol–water partition coefficient (Wildman–Crippen LogP) is 3.14. The normalized spacial score (nSPS) is 13.6. The van der Waals surface area contributed by atoms with Crippen LogP contribution in [0.25, 0.3) is 10.6 Å². The summed E-state index contributed by atoms with van der Waals surface area (Å²) in [6.45, 7) is 3.83. The number of carbonyl (C=O) groups excluding carboxylic acids is 1. The summed E-state index contributed by atoms with van der Waals surface area (Å²) in [7, 11) is 0. The molecule has 2 N–H and O–H groups in total. The van der Waals surface area contributed by atoms with Crippen LogP contribution in [-0.4, -0.2) is 28.6 Å². The molecule has 0 saturated heterocycles. The molecule has 1 heterocycles. The largest absolute Gasteiger partial charge is 0.396 e. The summed E-state index contributed by atoms with van der Waals surface area (Å²) in [6, 6.07) is 7.45. The highest BCUT2D eigenvalue weighted by Gasteiger charge is 2.15. The van der Waals surface area contributed by atoms with Gasteiger partial charge >= 0.3 is 0 Å². The van der Waals surface area contributed by atoms with Gasteiger partial charge in [-0.2, -0.15) is 0 Å². The van der Waals surface area contributed by atoms with Crippen LogP contribution in [0.1, 0.15) is 19.5 Å². The number of aliphatic hydroxyl groups excluding tert-OH is 1. The topological polar surface area (TPSA) is 62.2 Å². The minimum absolute atomic E-state index is 0.0260. The van der Waals surface area contributed by atoms with E-state index < -0.39 is 0 Å². The number of aliphatic hydroxyl groups is 1. The van der Waals surface area contributed by atoms with Crippen LogP contribution in [0.4, 0.5) is 0 Å². The molecule has 6 heteroatoms. The summed E-state index contributed by atoms with van der Waals surface area (Å²) < 4.78 is 0. The summed E-state index contributed by atoms with van der Waals surface area (Å²) in [5.41, 5.74) is 1.60. The monoisotopic (exact) mass is 338 g/mol. The Morgan fingerprint density at radius 3 is 2.82 bits per heavy atom. The molecule has 2 aromatic rings. The maximum absolute atomic E-state index is 12.0. The first-order valence-corrected chi connectivity index (χ1v) is 8.36. The molecular weight excluding hydrogens is 320 g/mol. The summed E-state index contributed by atoms with van der Waals surface area (Å²) in [5.74, 6) is -0.0677. The quantitative estimate of drug-likeness (QED) is 0.850. The summed E-state index contributed by atoms with van der Waals surface area (Å²) in [6.07, 6.45) is 0.226. The maximum Gasteiger partial charge on any atom is 0.226 e. The third-order valence-corrected chi connectivity index (χ3v) is 4.78. The first-order chi connectivity index (χ1) is 10.5. The molecule has 22 heavy (non-hydrogen) atoms. The van der Waals surface area contributed by atoms with Crippen molar-refractivity contribution < 1.29 is 9.90 Å². The van der Waals surface area contributed by atoms with Gasteiger partial charge < -0.3 is 10.4 Å². The van der Waals surface area contributed by atoms with E-state index in [1.165, 1.54) is 11.3 Å². The number of nitrogens with zero attached hydrogens (tertiary/aromatic N) is 1. The Hall–Kier alpha value is -1.43. The third-order valence-electron chi connectivity index (χ3n) is 3.53. The van der Waals surface area contributed by atoms with E-state index in [9.17, 15) is 4.79 Å². The van der Waals surface area contributed by atoms with E-state index >= 15 is 0 Å². The smallest absolute Gasteiger partial charge is 0.226 e. The molecule has 2 atom stereocenters. The van der Waals surface area contributed by atoms with E-state index in [0.717, 1.165) is 16.3 Å². The van der Waals surface area contributed by atoms with Crippen molar-refractivity contribution in [2.45, 2.75) is 26.3 Å². The van der Waals surface area contributed by atoms with Crippen LogP contribution in [-0.2, 0) is 11.2 Å². The van der Waals surface area contributed by atoms with Crippen molar-refractivity contribution in [3.8, 4) is 10.6 Å². The lowest BCUT2D eigenvalue weighted by Gasteiger charge is -2.18. The molecule has 0 spiro atoms. The van der Waals surface area contributed by atoms with E-state index in [2.05, 4.69) is 10.3 Å². The number of rotatable bonds is 6. The van der Waals surface area contributed by atoms with Crippen LogP contribution >= 0.6 is 22.9 Å². The molecule has 0 saturated carbocycles. The Morgan fingerprint density at radius 1 is 1.41 bits per heavy atom. The van der Waals surface area contributed by atoms with E-state index in [0.29, 0.717) is 5.02 Å². The fraction of sp³-hybridized carbons (Fsp3) is 0.375. The lowest BCUT2D eigenvalue weighted by molar-refractivity contribution is -0.121. The molecule has 0 radical (unpaired) electrons. The summed E-state index contributed by atoms with van der Waals surface area (Å²) in [5, 5.41) is 15.3. The standard InChI is InChI=1S/C16H19ClN2O2S/c1-10(8-20)11(2)18-15(21)7-12-9-22-16(19-12)13-5-3-4-6-14(13)17/h3-6,9-11,20H,7-8H2,1-2H3,(H,18,21). The number of halogens is 1. The Balaban J connectivity index is 2.01. The zero-order valence-corrected chi connectivity index (χ0v) is 14.1. The second kappa shape index (κ2) is 7.72. The van der Waals surface area contributed by atoms with E-state index in [4.69, 9.17) is 16.7 Å². The second-order valence-electron chi connectivity index (χ2n) is 5.32. The van der Waals surface area contributed by atoms with E-state index in [-0.39, 0.29) is 30.9 Å². The average molecular weight is 339 g/mol. The number of thiazole rings is 1. The van der Waals surface area contributed by atoms with Crippen molar-refractivity contribution in [3.05, 3.63) is 40.4 Å². The summed E-state index contributed by atoms with van der Waals surface area (Å²) >= 11 is 7.63. The number of hydrogen-bond acceptors (Lipinski definition) is 4. The van der Waals surface area contributed by atoms with Crippen LogP contribution in [0.2, 0.25) is 5.02 Å². The second-order valence-corrected chi connectivity index (χ2v) is 6.58. The Morgan fingerprint density at radius 2 is 2.14 bits per heavy atom. The van der Waals surface area contributed by atoms with Gasteiger partial charge in [0.25, 0.3) is 0 Å². The van der Waals surface area contributed by atoms with Gasteiger partial charge in [-0.3, -0.25) is 4.79 Å². The van der Waals surface area contributed by atoms with Crippen LogP contribution in [0.3, 0.4) is 0 Å². The Kier molecular flexibility index (Phi) is 5.94. The Labute approximate surface area is 139 Å². The van der Waals surface area contributed by atoms with Gasteiger partial charge in [0.1, 0.15) is 5.01 Å². The van der Waals surface area contributed by atoms with Crippen molar-refractivity contribution in [1.29, 1.82) is 0 Å². The lowest BCUT2D eigenvalue weighted by Crippen LogP contribution is -2.39. The third kappa shape index (κ3) is 4.29. The molecule has 4 nitrogen and oxygen atoms in total. The zero-order chi connectivity index (χ0) is 16.1. The van der Waals surface area contributed by atoms with Crippen LogP contribution in [0.15, 0.2) is 29.6 Å². The van der Waals surface area contributed by atoms with Crippen LogP contribution < -0.4 is 5.32 Å². The molecule has 0 aliphatic rings. The van der Waals surface area contributed by atoms with Gasteiger partial charge in [0.05, 0.1) is 17.1 Å². The average Bonchev–Trinajstić information content (AvgIpc) is 2.94. The number of benzene rings is 1. The SMILES string of the molecule is CC(CO)C(C)NC(=O)Cc1csc(-c2ccccc2Cl)n1. The van der Waals surface area contributed by atoms with Gasteiger partial charge in [-0.25, -0.2) is 4.98 Å². The molecule has 0 aliphatic carbocycles. The van der Waals surface area contributed by atoms with Gasteiger partial charge in [-0.15, -0.1) is 11.3 Å². The molecule has 1 aromatic heterocycles. The molecule has 2 unspecified atom stereocenters. The van der Waals surface area contributed by atoms with Gasteiger partial charge in [-0.1, -0.05) is 36.7 Å². The van der Waals surface area contributed by atoms with Crippen molar-refractivity contribution >= 4 is 28.8 Å². The number of hydrogen-bond donors (Lipinski definition) is 2. The highest BCUT2D eigenvalue weighted by atomic mass is 35.5. The first kappa shape index (κ1) is 16.9. The van der Waals surface area contributed by atoms with Gasteiger partial charge in [0.15, 0.2) is 0 Å². The molecule has 1 aromatic carbocycles. The number of nitrogens with one attached hydrogen (secondary N) is 1.